The number of hydrogen-bond acceptors (Lipinski definition) is 4. The van der Waals surface area contributed by atoms with Crippen molar-refractivity contribution in [1.82, 2.24) is 0 Å². The molecule has 3 rings (SSSR count). The highest BCUT2D eigenvalue weighted by molar-refractivity contribution is 7.94. The summed E-state index contributed by atoms with van der Waals surface area (Å²) < 4.78 is 23.2. The summed E-state index contributed by atoms with van der Waals surface area (Å²) in [5, 5.41) is 9.22. The molecule has 0 amide bonds. The molecule has 1 aromatic rings. The minimum absolute atomic E-state index is 0.245. The first kappa shape index (κ1) is 9.55. The van der Waals surface area contributed by atoms with Crippen LogP contribution in [0.15, 0.2) is 34.2 Å². The lowest BCUT2D eigenvalue weighted by Gasteiger charge is -2.13. The molecular formula is C11H8N2O2S. The number of benzene rings is 1. The third-order valence-corrected chi connectivity index (χ3v) is 5.53. The van der Waals surface area contributed by atoms with Gasteiger partial charge in [0.15, 0.2) is 0 Å². The zero-order valence-electron chi connectivity index (χ0n) is 8.34. The fraction of sp³-hybridized carbons (Fsp3) is 0.273. The molecule has 1 aromatic carbocycles. The zero-order chi connectivity index (χ0) is 11.4. The number of rotatable bonds is 0. The minimum Gasteiger partial charge on any atom is -0.286 e. The molecule has 0 saturated carbocycles. The van der Waals surface area contributed by atoms with Crippen LogP contribution in [0, 0.1) is 11.3 Å². The van der Waals surface area contributed by atoms with Gasteiger partial charge in [0.2, 0.25) is 14.6 Å². The largest absolute Gasteiger partial charge is 0.286 e. The molecule has 2 aliphatic rings. The Labute approximate surface area is 93.2 Å². The summed E-state index contributed by atoms with van der Waals surface area (Å²) in [5.41, 5.74) is 1.03. The van der Waals surface area contributed by atoms with Gasteiger partial charge >= 0.3 is 0 Å². The molecular weight excluding hydrogens is 224 g/mol. The minimum atomic E-state index is -3.59. The van der Waals surface area contributed by atoms with E-state index in [4.69, 9.17) is 0 Å². The molecule has 0 aromatic heterocycles. The topological polar surface area (TPSA) is 70.3 Å². The molecule has 0 fully saturated rings. The summed E-state index contributed by atoms with van der Waals surface area (Å²) in [6.45, 7) is 0.413. The average molecular weight is 232 g/mol. The van der Waals surface area contributed by atoms with Crippen molar-refractivity contribution in [3.63, 3.8) is 0 Å². The number of nitrogens with zero attached hydrogens (tertiary/aromatic N) is 2. The monoisotopic (exact) mass is 232 g/mol. The van der Waals surface area contributed by atoms with E-state index in [0.717, 1.165) is 0 Å². The highest BCUT2D eigenvalue weighted by atomic mass is 32.2. The molecule has 80 valence electrons. The van der Waals surface area contributed by atoms with Crippen LogP contribution in [0.1, 0.15) is 12.0 Å². The van der Waals surface area contributed by atoms with E-state index in [0.29, 0.717) is 17.8 Å². The molecule has 4 nitrogen and oxygen atoms in total. The van der Waals surface area contributed by atoms with Gasteiger partial charge in [-0.25, -0.2) is 8.42 Å². The molecule has 0 saturated heterocycles. The van der Waals surface area contributed by atoms with Crippen LogP contribution in [0.25, 0.3) is 0 Å². The van der Waals surface area contributed by atoms with Crippen LogP contribution in [-0.4, -0.2) is 25.4 Å². The lowest BCUT2D eigenvalue weighted by molar-refractivity contribution is 0.582. The second kappa shape index (κ2) is 2.71. The summed E-state index contributed by atoms with van der Waals surface area (Å²) >= 11 is 0. The van der Waals surface area contributed by atoms with Crippen molar-refractivity contribution >= 4 is 15.5 Å². The van der Waals surface area contributed by atoms with E-state index in [1.165, 1.54) is 0 Å². The Bertz CT molecular complexity index is 655. The van der Waals surface area contributed by atoms with E-state index in [2.05, 4.69) is 4.99 Å². The molecule has 5 heteroatoms. The van der Waals surface area contributed by atoms with E-state index in [-0.39, 0.29) is 11.3 Å². The molecule has 2 aliphatic heterocycles. The van der Waals surface area contributed by atoms with Crippen LogP contribution in [0.2, 0.25) is 0 Å². The summed E-state index contributed by atoms with van der Waals surface area (Å²) in [7, 11) is -3.59. The SMILES string of the molecule is N#CC12CCN=C1c1ccccc1S2(=O)=O. The Balaban J connectivity index is 2.47. The third-order valence-electron chi connectivity index (χ3n) is 3.19. The van der Waals surface area contributed by atoms with Crippen molar-refractivity contribution in [2.24, 2.45) is 4.99 Å². The molecule has 0 radical (unpaired) electrons. The van der Waals surface area contributed by atoms with E-state index < -0.39 is 14.6 Å². The van der Waals surface area contributed by atoms with Gasteiger partial charge in [-0.1, -0.05) is 18.2 Å². The standard InChI is InChI=1S/C11H8N2O2S/c12-7-11-5-6-13-10(11)8-3-1-2-4-9(8)16(11,14)15/h1-4H,5-6H2. The number of nitriles is 1. The van der Waals surface area contributed by atoms with Crippen LogP contribution < -0.4 is 0 Å². The second-order valence-electron chi connectivity index (χ2n) is 3.92. The van der Waals surface area contributed by atoms with Gasteiger partial charge in [0.25, 0.3) is 0 Å². The highest BCUT2D eigenvalue weighted by Gasteiger charge is 2.58. The Morgan fingerprint density at radius 1 is 1.38 bits per heavy atom. The maximum Gasteiger partial charge on any atom is 0.206 e. The van der Waals surface area contributed by atoms with Gasteiger partial charge < -0.3 is 0 Å². The Morgan fingerprint density at radius 2 is 2.12 bits per heavy atom. The van der Waals surface area contributed by atoms with Crippen molar-refractivity contribution in [2.45, 2.75) is 16.1 Å². The van der Waals surface area contributed by atoms with E-state index in [9.17, 15) is 13.7 Å². The number of hydrogen-bond donors (Lipinski definition) is 0. The third kappa shape index (κ3) is 0.805. The van der Waals surface area contributed by atoms with Gasteiger partial charge in [0.1, 0.15) is 0 Å². The van der Waals surface area contributed by atoms with Crippen molar-refractivity contribution in [3.05, 3.63) is 29.8 Å². The van der Waals surface area contributed by atoms with Gasteiger partial charge in [0.05, 0.1) is 16.7 Å². The molecule has 0 spiro atoms. The summed E-state index contributed by atoms with van der Waals surface area (Å²) in [6, 6.07) is 8.66. The lowest BCUT2D eigenvalue weighted by atomic mass is 9.97. The molecule has 1 atom stereocenters. The Hall–Kier alpha value is -1.67. The molecule has 2 heterocycles. The molecule has 0 aliphatic carbocycles. The van der Waals surface area contributed by atoms with Crippen molar-refractivity contribution in [2.75, 3.05) is 6.54 Å². The van der Waals surface area contributed by atoms with E-state index >= 15 is 0 Å². The smallest absolute Gasteiger partial charge is 0.206 e. The van der Waals surface area contributed by atoms with Gasteiger partial charge in [-0.3, -0.25) is 4.99 Å². The van der Waals surface area contributed by atoms with Crippen LogP contribution >= 0.6 is 0 Å². The quantitative estimate of drug-likeness (QED) is 0.668. The second-order valence-corrected chi connectivity index (χ2v) is 6.06. The van der Waals surface area contributed by atoms with Gasteiger partial charge in [-0.05, 0) is 6.07 Å². The summed E-state index contributed by atoms with van der Waals surface area (Å²) in [5.74, 6) is 0. The normalized spacial score (nSPS) is 29.1. The lowest BCUT2D eigenvalue weighted by Crippen LogP contribution is -2.37. The number of sulfone groups is 1. The molecule has 0 N–H and O–H groups in total. The summed E-state index contributed by atoms with van der Waals surface area (Å²) in [6.07, 6.45) is 0.274. The fourth-order valence-corrected chi connectivity index (χ4v) is 4.39. The van der Waals surface area contributed by atoms with Crippen molar-refractivity contribution in [1.29, 1.82) is 5.26 Å². The van der Waals surface area contributed by atoms with E-state index in [1.807, 2.05) is 6.07 Å². The Kier molecular flexibility index (Phi) is 1.62. The van der Waals surface area contributed by atoms with Gasteiger partial charge in [-0.2, -0.15) is 5.26 Å². The van der Waals surface area contributed by atoms with Gasteiger partial charge in [-0.15, -0.1) is 0 Å². The Morgan fingerprint density at radius 3 is 2.88 bits per heavy atom. The zero-order valence-corrected chi connectivity index (χ0v) is 9.16. The summed E-state index contributed by atoms with van der Waals surface area (Å²) in [4.78, 5) is 4.44. The van der Waals surface area contributed by atoms with Gasteiger partial charge in [0, 0.05) is 18.5 Å². The highest BCUT2D eigenvalue weighted by Crippen LogP contribution is 2.44. The van der Waals surface area contributed by atoms with Crippen molar-refractivity contribution in [3.8, 4) is 6.07 Å². The predicted molar refractivity (Wildman–Crippen MR) is 58.0 cm³/mol. The predicted octanol–water partition coefficient (Wildman–Crippen LogP) is 0.929. The first-order valence-corrected chi connectivity index (χ1v) is 6.42. The molecule has 0 bridgehead atoms. The number of aliphatic imine (C=N–C) groups is 1. The fourth-order valence-electron chi connectivity index (χ4n) is 2.39. The van der Waals surface area contributed by atoms with Crippen molar-refractivity contribution < 1.29 is 8.42 Å². The first-order valence-electron chi connectivity index (χ1n) is 4.94. The molecule has 1 unspecified atom stereocenters. The van der Waals surface area contributed by atoms with Crippen LogP contribution in [0.3, 0.4) is 0 Å². The average Bonchev–Trinajstić information content (AvgIpc) is 2.79. The van der Waals surface area contributed by atoms with Crippen LogP contribution in [-0.2, 0) is 9.84 Å². The number of fused-ring (bicyclic) bond motifs is 3. The van der Waals surface area contributed by atoms with E-state index in [1.54, 1.807) is 24.3 Å². The molecule has 16 heavy (non-hydrogen) atoms. The first-order chi connectivity index (χ1) is 7.63. The van der Waals surface area contributed by atoms with Crippen LogP contribution in [0.4, 0.5) is 0 Å². The van der Waals surface area contributed by atoms with Crippen LogP contribution in [0.5, 0.6) is 0 Å². The maximum atomic E-state index is 12.3. The maximum absolute atomic E-state index is 12.3.